The lowest BCUT2D eigenvalue weighted by Gasteiger charge is -2.16. The normalized spacial score (nSPS) is 12.9. The second-order valence-corrected chi connectivity index (χ2v) is 8.59. The lowest BCUT2D eigenvalue weighted by molar-refractivity contribution is -0.130. The number of benzene rings is 2. The van der Waals surface area contributed by atoms with Gasteiger partial charge in [0, 0.05) is 10.3 Å². The highest BCUT2D eigenvalue weighted by atomic mass is 32.1. The van der Waals surface area contributed by atoms with E-state index in [1.165, 1.54) is 24.3 Å². The minimum atomic E-state index is -0.533. The average molecular weight is 468 g/mol. The van der Waals surface area contributed by atoms with E-state index in [4.69, 9.17) is 5.21 Å². The Morgan fingerprint density at radius 1 is 1.18 bits per heavy atom. The smallest absolute Gasteiger partial charge is 0.251 e. The Balaban J connectivity index is 1.52. The Morgan fingerprint density at radius 3 is 2.70 bits per heavy atom. The number of aromatic nitrogens is 3. The van der Waals surface area contributed by atoms with Gasteiger partial charge in [-0.1, -0.05) is 23.4 Å². The van der Waals surface area contributed by atoms with E-state index < -0.39 is 23.8 Å². The van der Waals surface area contributed by atoms with Crippen molar-refractivity contribution < 1.29 is 19.2 Å². The number of amides is 2. The molecule has 170 valence electrons. The quantitative estimate of drug-likeness (QED) is 0.270. The fraction of sp³-hybridized carbons (Fsp3) is 0.217. The number of nitrogens with zero attached hydrogens (tertiary/aromatic N) is 3. The van der Waals surface area contributed by atoms with Gasteiger partial charge in [0.1, 0.15) is 11.5 Å². The van der Waals surface area contributed by atoms with Crippen LogP contribution in [0.25, 0.3) is 10.1 Å². The number of carbonyl (C=O) groups excluding carboxylic acids is 2. The van der Waals surface area contributed by atoms with Crippen molar-refractivity contribution in [3.05, 3.63) is 82.7 Å². The van der Waals surface area contributed by atoms with Crippen LogP contribution in [-0.4, -0.2) is 32.0 Å². The van der Waals surface area contributed by atoms with Crippen molar-refractivity contribution in [1.29, 1.82) is 0 Å². The summed E-state index contributed by atoms with van der Waals surface area (Å²) >= 11 is 1.63. The van der Waals surface area contributed by atoms with Gasteiger partial charge in [0.15, 0.2) is 0 Å². The molecule has 10 heteroatoms. The Hall–Kier alpha value is -3.63. The van der Waals surface area contributed by atoms with Gasteiger partial charge < -0.3 is 5.32 Å². The highest BCUT2D eigenvalue weighted by Crippen LogP contribution is 2.29. The summed E-state index contributed by atoms with van der Waals surface area (Å²) in [4.78, 5) is 24.4. The van der Waals surface area contributed by atoms with Crippen LogP contribution in [0.1, 0.15) is 47.0 Å². The first kappa shape index (κ1) is 22.6. The van der Waals surface area contributed by atoms with Crippen LogP contribution in [-0.2, 0) is 11.2 Å². The number of hydrogen-bond acceptors (Lipinski definition) is 6. The van der Waals surface area contributed by atoms with Crippen molar-refractivity contribution in [2.45, 2.75) is 31.8 Å². The van der Waals surface area contributed by atoms with Crippen LogP contribution in [0.5, 0.6) is 0 Å². The molecule has 0 fully saturated rings. The molecule has 0 bridgehead atoms. The molecule has 3 N–H and O–H groups in total. The van der Waals surface area contributed by atoms with Gasteiger partial charge in [-0.3, -0.25) is 14.8 Å². The minimum Gasteiger partial charge on any atom is -0.344 e. The topological polar surface area (TPSA) is 109 Å². The largest absolute Gasteiger partial charge is 0.344 e. The van der Waals surface area contributed by atoms with E-state index in [-0.39, 0.29) is 12.3 Å². The number of nitrogens with one attached hydrogen (secondary N) is 2. The van der Waals surface area contributed by atoms with E-state index in [9.17, 15) is 14.0 Å². The van der Waals surface area contributed by atoms with E-state index >= 15 is 0 Å². The van der Waals surface area contributed by atoms with Crippen molar-refractivity contribution in [3.63, 3.8) is 0 Å². The lowest BCUT2D eigenvalue weighted by Crippen LogP contribution is -2.27. The van der Waals surface area contributed by atoms with Crippen LogP contribution < -0.4 is 10.8 Å². The van der Waals surface area contributed by atoms with E-state index in [0.29, 0.717) is 17.7 Å². The molecule has 0 aliphatic heterocycles. The summed E-state index contributed by atoms with van der Waals surface area (Å²) in [6, 6.07) is 12.4. The molecule has 4 rings (SSSR count). The monoisotopic (exact) mass is 467 g/mol. The van der Waals surface area contributed by atoms with Gasteiger partial charge in [0.2, 0.25) is 5.91 Å². The van der Waals surface area contributed by atoms with Gasteiger partial charge in [0.05, 0.1) is 24.7 Å². The second-order valence-electron chi connectivity index (χ2n) is 7.68. The van der Waals surface area contributed by atoms with E-state index in [0.717, 1.165) is 15.6 Å². The van der Waals surface area contributed by atoms with Crippen molar-refractivity contribution in [3.8, 4) is 0 Å². The molecule has 0 saturated carbocycles. The number of rotatable bonds is 8. The van der Waals surface area contributed by atoms with Crippen LogP contribution in [0, 0.1) is 5.82 Å². The maximum atomic E-state index is 13.1. The first-order chi connectivity index (χ1) is 15.9. The van der Waals surface area contributed by atoms with Crippen molar-refractivity contribution in [2.24, 2.45) is 0 Å². The van der Waals surface area contributed by atoms with Crippen LogP contribution >= 0.6 is 11.3 Å². The standard InChI is InChI=1S/C23H22FN5O3S/c1-14(25-23(31)15-6-8-17(24)9-7-15)20-12-29(28-26-20)18(11-22(30)27-32)10-16-13-33-21-5-3-2-4-19(16)21/h2-9,12-14,18,32H,10-11H2,1H3,(H,25,31)(H,27,30)/t14?,18-/m1/s1. The zero-order chi connectivity index (χ0) is 23.4. The van der Waals surface area contributed by atoms with Gasteiger partial charge in [-0.2, -0.15) is 0 Å². The summed E-state index contributed by atoms with van der Waals surface area (Å²) in [5.74, 6) is -1.31. The molecule has 2 amide bonds. The number of carbonyl (C=O) groups is 2. The van der Waals surface area contributed by atoms with Crippen LogP contribution in [0.2, 0.25) is 0 Å². The zero-order valence-corrected chi connectivity index (χ0v) is 18.6. The van der Waals surface area contributed by atoms with Gasteiger partial charge >= 0.3 is 0 Å². The molecule has 2 aromatic heterocycles. The summed E-state index contributed by atoms with van der Waals surface area (Å²) in [6.07, 6.45) is 2.19. The highest BCUT2D eigenvalue weighted by molar-refractivity contribution is 7.17. The van der Waals surface area contributed by atoms with Crippen molar-refractivity contribution >= 4 is 33.2 Å². The molecular formula is C23H22FN5O3S. The predicted octanol–water partition coefficient (Wildman–Crippen LogP) is 3.80. The molecule has 4 aromatic rings. The zero-order valence-electron chi connectivity index (χ0n) is 17.7. The molecule has 2 aromatic carbocycles. The number of thiophene rings is 1. The van der Waals surface area contributed by atoms with Gasteiger partial charge in [-0.15, -0.1) is 16.4 Å². The Kier molecular flexibility index (Phi) is 6.76. The van der Waals surface area contributed by atoms with Gasteiger partial charge in [-0.25, -0.2) is 14.6 Å². The summed E-state index contributed by atoms with van der Waals surface area (Å²) in [6.45, 7) is 1.76. The van der Waals surface area contributed by atoms with E-state index in [2.05, 4.69) is 21.0 Å². The summed E-state index contributed by atoms with van der Waals surface area (Å²) < 4.78 is 15.8. The fourth-order valence-electron chi connectivity index (χ4n) is 3.59. The number of hydrogen-bond donors (Lipinski definition) is 3. The Labute approximate surface area is 193 Å². The third kappa shape index (κ3) is 5.24. The summed E-state index contributed by atoms with van der Waals surface area (Å²) in [5.41, 5.74) is 3.59. The molecule has 0 aliphatic carbocycles. The number of hydroxylamine groups is 1. The maximum Gasteiger partial charge on any atom is 0.251 e. The average Bonchev–Trinajstić information content (AvgIpc) is 3.47. The number of fused-ring (bicyclic) bond motifs is 1. The van der Waals surface area contributed by atoms with E-state index in [1.54, 1.807) is 34.6 Å². The Morgan fingerprint density at radius 2 is 1.94 bits per heavy atom. The maximum absolute atomic E-state index is 13.1. The molecule has 0 radical (unpaired) electrons. The fourth-order valence-corrected chi connectivity index (χ4v) is 4.56. The molecule has 0 spiro atoms. The third-order valence-electron chi connectivity index (χ3n) is 5.36. The first-order valence-corrected chi connectivity index (χ1v) is 11.2. The lowest BCUT2D eigenvalue weighted by atomic mass is 10.0. The highest BCUT2D eigenvalue weighted by Gasteiger charge is 2.22. The molecule has 8 nitrogen and oxygen atoms in total. The minimum absolute atomic E-state index is 0.000205. The number of halogens is 1. The second kappa shape index (κ2) is 9.88. The molecular weight excluding hydrogens is 445 g/mol. The Bertz CT molecular complexity index is 1270. The van der Waals surface area contributed by atoms with Crippen LogP contribution in [0.4, 0.5) is 4.39 Å². The molecule has 0 aliphatic rings. The molecule has 0 saturated heterocycles. The predicted molar refractivity (Wildman–Crippen MR) is 121 cm³/mol. The molecule has 2 heterocycles. The van der Waals surface area contributed by atoms with Crippen molar-refractivity contribution in [2.75, 3.05) is 0 Å². The third-order valence-corrected chi connectivity index (χ3v) is 6.37. The van der Waals surface area contributed by atoms with Crippen molar-refractivity contribution in [1.82, 2.24) is 25.8 Å². The first-order valence-electron chi connectivity index (χ1n) is 10.3. The summed E-state index contributed by atoms with van der Waals surface area (Å²) in [7, 11) is 0. The molecule has 2 atom stereocenters. The van der Waals surface area contributed by atoms with Crippen LogP contribution in [0.3, 0.4) is 0 Å². The molecule has 1 unspecified atom stereocenters. The SMILES string of the molecule is CC(NC(=O)c1ccc(F)cc1)c1cn([C@@H](CC(=O)NO)Cc2csc3ccccc23)nn1. The van der Waals surface area contributed by atoms with E-state index in [1.807, 2.05) is 24.3 Å². The van der Waals surface area contributed by atoms with Gasteiger partial charge in [-0.05, 0) is 60.0 Å². The molecule has 33 heavy (non-hydrogen) atoms. The van der Waals surface area contributed by atoms with Crippen LogP contribution in [0.15, 0.2) is 60.1 Å². The van der Waals surface area contributed by atoms with Gasteiger partial charge in [0.25, 0.3) is 5.91 Å². The summed E-state index contributed by atoms with van der Waals surface area (Å²) in [5, 5.41) is 23.4.